The molecule has 47 heavy (non-hydrogen) atoms. The van der Waals surface area contributed by atoms with E-state index >= 15 is 0 Å². The molecule has 1 saturated heterocycles. The summed E-state index contributed by atoms with van der Waals surface area (Å²) in [5.74, 6) is -1.93. The van der Waals surface area contributed by atoms with E-state index in [2.05, 4.69) is 5.32 Å². The summed E-state index contributed by atoms with van der Waals surface area (Å²) in [6, 6.07) is 11.8. The molecule has 250 valence electrons. The van der Waals surface area contributed by atoms with Gasteiger partial charge in [0.2, 0.25) is 0 Å². The molecule has 1 amide bonds. The Balaban J connectivity index is 0.00000433. The van der Waals surface area contributed by atoms with Crippen LogP contribution >= 0.6 is 12.4 Å². The summed E-state index contributed by atoms with van der Waals surface area (Å²) in [6.45, 7) is 1.04. The first-order chi connectivity index (χ1) is 21.9. The van der Waals surface area contributed by atoms with Crippen LogP contribution in [0.25, 0.3) is 0 Å². The Labute approximate surface area is 275 Å². The number of methoxy groups -OCH3 is 1. The Kier molecular flexibility index (Phi) is 9.51. The normalized spacial score (nSPS) is 26.3. The molecule has 0 saturated carbocycles. The molecule has 0 bridgehead atoms. The van der Waals surface area contributed by atoms with Gasteiger partial charge in [-0.2, -0.15) is 0 Å². The molecule has 3 aromatic rings. The molecule has 4 unspecified atom stereocenters. The number of phenols is 2. The molecule has 0 spiro atoms. The topological polar surface area (TPSA) is 207 Å². The van der Waals surface area contributed by atoms with E-state index in [-0.39, 0.29) is 59.5 Å². The Hall–Kier alpha value is -4.24. The largest absolute Gasteiger partial charge is 0.507 e. The van der Waals surface area contributed by atoms with Gasteiger partial charge in [-0.05, 0) is 31.2 Å². The highest BCUT2D eigenvalue weighted by atomic mass is 35.5. The minimum Gasteiger partial charge on any atom is -0.507 e. The highest BCUT2D eigenvalue weighted by Crippen LogP contribution is 2.52. The van der Waals surface area contributed by atoms with Crippen LogP contribution in [0.2, 0.25) is 0 Å². The number of hydrogen-bond acceptors (Lipinski definition) is 12. The lowest BCUT2D eigenvalue weighted by atomic mass is 9.73. The number of aromatic hydroxyl groups is 2. The SMILES string of the molecule is COc1ccc(NC(=O)OC[C@]2(O)Cc3c(O)c4c(c(O)c3[C@@H](OC3CC(N)C(O)C(C)O3)C2)C(=O)c2ccccc2C4=O)cc1.Cl. The maximum absolute atomic E-state index is 13.6. The molecule has 1 aliphatic heterocycles. The van der Waals surface area contributed by atoms with Crippen molar-refractivity contribution in [3.05, 3.63) is 81.9 Å². The van der Waals surface area contributed by atoms with Gasteiger partial charge >= 0.3 is 6.09 Å². The minimum absolute atomic E-state index is 0. The maximum atomic E-state index is 13.6. The third-order valence-electron chi connectivity index (χ3n) is 8.73. The van der Waals surface area contributed by atoms with Gasteiger partial charge in [-0.1, -0.05) is 24.3 Å². The zero-order chi connectivity index (χ0) is 32.9. The molecule has 2 aliphatic carbocycles. The smallest absolute Gasteiger partial charge is 0.411 e. The fourth-order valence-corrected chi connectivity index (χ4v) is 6.37. The average Bonchev–Trinajstić information content (AvgIpc) is 3.03. The fourth-order valence-electron chi connectivity index (χ4n) is 6.37. The summed E-state index contributed by atoms with van der Waals surface area (Å²) in [5.41, 5.74) is 3.93. The number of carbonyl (C=O) groups excluding carboxylic acids is 3. The molecule has 7 N–H and O–H groups in total. The predicted molar refractivity (Wildman–Crippen MR) is 168 cm³/mol. The second-order valence-corrected chi connectivity index (χ2v) is 11.9. The summed E-state index contributed by atoms with van der Waals surface area (Å²) in [5, 5.41) is 47.7. The monoisotopic (exact) mass is 670 g/mol. The number of nitrogens with two attached hydrogens (primary N) is 1. The predicted octanol–water partition coefficient (Wildman–Crippen LogP) is 3.11. The number of phenolic OH excluding ortho intramolecular Hbond substituents is 2. The van der Waals surface area contributed by atoms with Crippen LogP contribution in [0.4, 0.5) is 10.5 Å². The summed E-state index contributed by atoms with van der Waals surface area (Å²) < 4.78 is 22.5. The zero-order valence-corrected chi connectivity index (χ0v) is 26.3. The Morgan fingerprint density at radius 2 is 1.66 bits per heavy atom. The Morgan fingerprint density at radius 1 is 1.04 bits per heavy atom. The molecule has 6 atom stereocenters. The number of fused-ring (bicyclic) bond motifs is 3. The van der Waals surface area contributed by atoms with Crippen molar-refractivity contribution in [3.63, 3.8) is 0 Å². The lowest BCUT2D eigenvalue weighted by molar-refractivity contribution is -0.248. The number of hydrogen-bond donors (Lipinski definition) is 6. The molecular formula is C33H35ClN2O11. The molecule has 0 radical (unpaired) electrons. The first-order valence-electron chi connectivity index (χ1n) is 14.7. The van der Waals surface area contributed by atoms with E-state index in [0.717, 1.165) is 0 Å². The van der Waals surface area contributed by atoms with Gasteiger partial charge < -0.3 is 45.1 Å². The average molecular weight is 671 g/mol. The zero-order valence-electron chi connectivity index (χ0n) is 25.5. The molecule has 0 aromatic heterocycles. The molecule has 14 heteroatoms. The van der Waals surface area contributed by atoms with Crippen molar-refractivity contribution >= 4 is 35.8 Å². The lowest BCUT2D eigenvalue weighted by Crippen LogP contribution is -2.52. The summed E-state index contributed by atoms with van der Waals surface area (Å²) >= 11 is 0. The van der Waals surface area contributed by atoms with E-state index in [1.807, 2.05) is 0 Å². The number of benzene rings is 3. The number of nitrogens with one attached hydrogen (secondary N) is 1. The van der Waals surface area contributed by atoms with Crippen molar-refractivity contribution in [2.75, 3.05) is 19.0 Å². The molecule has 1 fully saturated rings. The van der Waals surface area contributed by atoms with Gasteiger partial charge in [0.05, 0.1) is 36.5 Å². The second kappa shape index (κ2) is 13.1. The molecular weight excluding hydrogens is 636 g/mol. The van der Waals surface area contributed by atoms with Crippen LogP contribution in [0.3, 0.4) is 0 Å². The van der Waals surface area contributed by atoms with Crippen molar-refractivity contribution in [1.29, 1.82) is 0 Å². The van der Waals surface area contributed by atoms with E-state index in [0.29, 0.717) is 11.4 Å². The van der Waals surface area contributed by atoms with Crippen LogP contribution in [0.1, 0.15) is 68.8 Å². The molecule has 1 heterocycles. The second-order valence-electron chi connectivity index (χ2n) is 11.9. The molecule has 3 aliphatic rings. The van der Waals surface area contributed by atoms with Crippen LogP contribution in [-0.4, -0.2) is 81.9 Å². The summed E-state index contributed by atoms with van der Waals surface area (Å²) in [6.07, 6.45) is -5.36. The van der Waals surface area contributed by atoms with E-state index < -0.39 is 77.6 Å². The van der Waals surface area contributed by atoms with E-state index in [1.54, 1.807) is 43.3 Å². The van der Waals surface area contributed by atoms with Crippen LogP contribution in [-0.2, 0) is 20.6 Å². The van der Waals surface area contributed by atoms with Gasteiger partial charge in [0.25, 0.3) is 0 Å². The third kappa shape index (κ3) is 6.25. The number of amides is 1. The van der Waals surface area contributed by atoms with Gasteiger partial charge in [-0.3, -0.25) is 14.9 Å². The van der Waals surface area contributed by atoms with Gasteiger partial charge in [-0.25, -0.2) is 4.79 Å². The Bertz CT molecular complexity index is 1700. The van der Waals surface area contributed by atoms with E-state index in [9.17, 15) is 34.8 Å². The third-order valence-corrected chi connectivity index (χ3v) is 8.73. The van der Waals surface area contributed by atoms with Crippen molar-refractivity contribution in [2.24, 2.45) is 5.73 Å². The number of halogens is 1. The van der Waals surface area contributed by atoms with Gasteiger partial charge in [0.15, 0.2) is 17.9 Å². The number of aliphatic hydroxyl groups is 2. The van der Waals surface area contributed by atoms with E-state index in [4.69, 9.17) is 24.7 Å². The van der Waals surface area contributed by atoms with Crippen LogP contribution in [0, 0.1) is 0 Å². The number of ether oxygens (including phenoxy) is 4. The van der Waals surface area contributed by atoms with Crippen molar-refractivity contribution in [1.82, 2.24) is 0 Å². The molecule has 13 nitrogen and oxygen atoms in total. The highest BCUT2D eigenvalue weighted by molar-refractivity contribution is 6.30. The standard InChI is InChI=1S/C33H34N2O11.ClH/c1-15-27(36)21(34)11-23(45-15)46-22-13-33(42,14-44-32(41)35-16-7-9-17(43-2)10-8-16)12-20-24(22)31(40)26-25(30(20)39)28(37)18-5-3-4-6-19(18)29(26)38;/h3-10,15,21-23,27,36,39-40,42H,11-14,34H2,1-2H3,(H,35,41);1H/t15?,21?,22-,23?,27?,33-;/m0./s1. The quantitative estimate of drug-likeness (QED) is 0.164. The first kappa shape index (κ1) is 34.1. The van der Waals surface area contributed by atoms with Gasteiger partial charge in [0.1, 0.15) is 29.5 Å². The molecule has 3 aromatic carbocycles. The maximum Gasteiger partial charge on any atom is 0.411 e. The first-order valence-corrected chi connectivity index (χ1v) is 14.7. The lowest BCUT2D eigenvalue weighted by Gasteiger charge is -2.42. The summed E-state index contributed by atoms with van der Waals surface area (Å²) in [4.78, 5) is 39.8. The number of aliphatic hydroxyl groups excluding tert-OH is 1. The van der Waals surface area contributed by atoms with Crippen LogP contribution in [0.15, 0.2) is 48.5 Å². The van der Waals surface area contributed by atoms with Crippen molar-refractivity contribution in [3.8, 4) is 17.2 Å². The van der Waals surface area contributed by atoms with E-state index in [1.165, 1.54) is 19.2 Å². The van der Waals surface area contributed by atoms with Crippen molar-refractivity contribution < 1.29 is 53.8 Å². The number of anilines is 1. The van der Waals surface area contributed by atoms with Crippen LogP contribution < -0.4 is 15.8 Å². The summed E-state index contributed by atoms with van der Waals surface area (Å²) in [7, 11) is 1.51. The van der Waals surface area contributed by atoms with Gasteiger partial charge in [0, 0.05) is 53.2 Å². The highest BCUT2D eigenvalue weighted by Gasteiger charge is 2.48. The number of carbonyl (C=O) groups is 3. The minimum atomic E-state index is -1.87. The Morgan fingerprint density at radius 3 is 2.26 bits per heavy atom. The number of rotatable bonds is 6. The van der Waals surface area contributed by atoms with Gasteiger partial charge in [-0.15, -0.1) is 12.4 Å². The fraction of sp³-hybridized carbons (Fsp3) is 0.364. The molecule has 6 rings (SSSR count). The van der Waals surface area contributed by atoms with Crippen molar-refractivity contribution in [2.45, 2.75) is 62.4 Å². The number of ketones is 2. The van der Waals surface area contributed by atoms with Crippen LogP contribution in [0.5, 0.6) is 17.2 Å².